The number of hydrogen-bond acceptors (Lipinski definition) is 4. The molecule has 0 saturated carbocycles. The molecular formula is C21H13F7O4S. The van der Waals surface area contributed by atoms with Crippen molar-refractivity contribution in [3.8, 4) is 17.2 Å². The molecule has 0 aliphatic heterocycles. The third-order valence-corrected chi connectivity index (χ3v) is 5.28. The van der Waals surface area contributed by atoms with Crippen molar-refractivity contribution in [2.75, 3.05) is 0 Å². The lowest BCUT2D eigenvalue weighted by Crippen LogP contribution is -2.35. The Morgan fingerprint density at radius 1 is 0.545 bits per heavy atom. The second-order valence-corrected chi connectivity index (χ2v) is 8.13. The van der Waals surface area contributed by atoms with Gasteiger partial charge in [0.2, 0.25) is 0 Å². The number of alkyl halides is 7. The number of benzene rings is 3. The van der Waals surface area contributed by atoms with Gasteiger partial charge in [0.15, 0.2) is 0 Å². The van der Waals surface area contributed by atoms with Gasteiger partial charge in [-0.25, -0.2) is 0 Å². The smallest absolute Gasteiger partial charge is 0.457 e. The van der Waals surface area contributed by atoms with Crippen molar-refractivity contribution in [1.29, 1.82) is 0 Å². The molecule has 4 nitrogen and oxygen atoms in total. The molecule has 0 saturated heterocycles. The van der Waals surface area contributed by atoms with E-state index in [1.54, 1.807) is 30.3 Å². The summed E-state index contributed by atoms with van der Waals surface area (Å²) in [5, 5.41) is 0. The van der Waals surface area contributed by atoms with E-state index < -0.39 is 44.3 Å². The van der Waals surface area contributed by atoms with Gasteiger partial charge in [-0.15, -0.1) is 0 Å². The molecule has 0 aromatic heterocycles. The van der Waals surface area contributed by atoms with Crippen LogP contribution in [0.1, 0.15) is 11.1 Å². The normalized spacial score (nSPS) is 12.9. The zero-order chi connectivity index (χ0) is 24.5. The minimum Gasteiger partial charge on any atom is -0.457 e. The Hall–Kier alpha value is -3.28. The fourth-order valence-electron chi connectivity index (χ4n) is 2.61. The van der Waals surface area contributed by atoms with E-state index in [4.69, 9.17) is 4.74 Å². The van der Waals surface area contributed by atoms with Crippen molar-refractivity contribution < 1.29 is 48.1 Å². The summed E-state index contributed by atoms with van der Waals surface area (Å²) in [6.45, 7) is 0. The lowest BCUT2D eigenvalue weighted by molar-refractivity contribution is -0.223. The van der Waals surface area contributed by atoms with Gasteiger partial charge in [-0.2, -0.15) is 39.2 Å². The Morgan fingerprint density at radius 3 is 1.36 bits per heavy atom. The van der Waals surface area contributed by atoms with Gasteiger partial charge in [0.25, 0.3) is 0 Å². The SMILES string of the molecule is O=S(=O)(Oc1ccc(C(F)(F)C(F)(F)c2ccc(Oc3ccccc3)cc2)cc1)C(F)(F)F. The second-order valence-electron chi connectivity index (χ2n) is 6.60. The number of para-hydroxylation sites is 1. The van der Waals surface area contributed by atoms with E-state index in [1.165, 1.54) is 0 Å². The molecule has 3 rings (SSSR count). The summed E-state index contributed by atoms with van der Waals surface area (Å²) in [4.78, 5) is 0. The van der Waals surface area contributed by atoms with E-state index in [0.717, 1.165) is 24.3 Å². The topological polar surface area (TPSA) is 52.6 Å². The highest BCUT2D eigenvalue weighted by Gasteiger charge is 2.58. The quantitative estimate of drug-likeness (QED) is 0.211. The van der Waals surface area contributed by atoms with Crippen molar-refractivity contribution in [2.45, 2.75) is 17.4 Å². The summed E-state index contributed by atoms with van der Waals surface area (Å²) in [6.07, 6.45) is 0. The largest absolute Gasteiger partial charge is 0.534 e. The molecule has 33 heavy (non-hydrogen) atoms. The number of rotatable bonds is 7. The van der Waals surface area contributed by atoms with Gasteiger partial charge in [-0.3, -0.25) is 0 Å². The average molecular weight is 494 g/mol. The summed E-state index contributed by atoms with van der Waals surface area (Å²) in [5.74, 6) is -9.97. The molecule has 0 fully saturated rings. The Morgan fingerprint density at radius 2 is 0.939 bits per heavy atom. The van der Waals surface area contributed by atoms with Crippen LogP contribution in [0, 0.1) is 0 Å². The molecule has 0 aliphatic rings. The van der Waals surface area contributed by atoms with Crippen LogP contribution in [0.3, 0.4) is 0 Å². The molecule has 0 unspecified atom stereocenters. The fourth-order valence-corrected chi connectivity index (χ4v) is 3.07. The van der Waals surface area contributed by atoms with Crippen molar-refractivity contribution in [3.05, 3.63) is 90.0 Å². The molecule has 0 radical (unpaired) electrons. The molecule has 0 amide bonds. The highest BCUT2D eigenvalue weighted by atomic mass is 32.2. The van der Waals surface area contributed by atoms with Crippen LogP contribution in [0.25, 0.3) is 0 Å². The Kier molecular flexibility index (Phi) is 6.33. The van der Waals surface area contributed by atoms with Gasteiger partial charge in [0.05, 0.1) is 0 Å². The van der Waals surface area contributed by atoms with Gasteiger partial charge >= 0.3 is 27.5 Å². The van der Waals surface area contributed by atoms with Crippen LogP contribution in [0.15, 0.2) is 78.9 Å². The Bertz CT molecular complexity index is 1190. The van der Waals surface area contributed by atoms with E-state index in [2.05, 4.69) is 4.18 Å². The number of hydrogen-bond donors (Lipinski definition) is 0. The van der Waals surface area contributed by atoms with Crippen LogP contribution < -0.4 is 8.92 Å². The molecule has 0 N–H and O–H groups in total. The van der Waals surface area contributed by atoms with E-state index in [1.807, 2.05) is 0 Å². The first-order valence-corrected chi connectivity index (χ1v) is 10.4. The molecule has 12 heteroatoms. The molecular weight excluding hydrogens is 481 g/mol. The molecule has 0 spiro atoms. The summed E-state index contributed by atoms with van der Waals surface area (Å²) in [7, 11) is -6.04. The van der Waals surface area contributed by atoms with E-state index >= 15 is 0 Å². The van der Waals surface area contributed by atoms with Crippen LogP contribution >= 0.6 is 0 Å². The molecule has 3 aromatic carbocycles. The van der Waals surface area contributed by atoms with Crippen LogP contribution in [0.4, 0.5) is 30.7 Å². The Labute approximate surface area is 183 Å². The minimum atomic E-state index is -6.04. The lowest BCUT2D eigenvalue weighted by atomic mass is 9.96. The monoisotopic (exact) mass is 494 g/mol. The van der Waals surface area contributed by atoms with Crippen molar-refractivity contribution >= 4 is 10.1 Å². The lowest BCUT2D eigenvalue weighted by Gasteiger charge is -2.27. The van der Waals surface area contributed by atoms with Crippen LogP contribution in [0.5, 0.6) is 17.2 Å². The minimum absolute atomic E-state index is 0.122. The molecule has 0 aliphatic carbocycles. The molecule has 0 bridgehead atoms. The first kappa shape index (κ1) is 24.4. The summed E-state index contributed by atoms with van der Waals surface area (Å²) in [5.41, 5.74) is -8.07. The van der Waals surface area contributed by atoms with Crippen molar-refractivity contribution in [3.63, 3.8) is 0 Å². The van der Waals surface area contributed by atoms with E-state index in [-0.39, 0.29) is 5.75 Å². The third-order valence-electron chi connectivity index (χ3n) is 4.30. The van der Waals surface area contributed by atoms with Crippen molar-refractivity contribution in [2.24, 2.45) is 0 Å². The van der Waals surface area contributed by atoms with Gasteiger partial charge in [-0.1, -0.05) is 18.2 Å². The first-order valence-electron chi connectivity index (χ1n) is 8.94. The zero-order valence-corrected chi connectivity index (χ0v) is 17.0. The highest BCUT2D eigenvalue weighted by molar-refractivity contribution is 7.88. The molecule has 3 aromatic rings. The molecule has 0 heterocycles. The number of halogens is 7. The third kappa shape index (κ3) is 5.05. The Balaban J connectivity index is 1.80. The van der Waals surface area contributed by atoms with E-state index in [9.17, 15) is 39.2 Å². The maximum absolute atomic E-state index is 14.6. The standard InChI is InChI=1S/C21H13F7O4S/c22-19(23,14-6-10-17(11-7-14)31-16-4-2-1-3-5-16)20(24,25)15-8-12-18(13-9-15)32-33(29,30)21(26,27)28/h1-13H. The van der Waals surface area contributed by atoms with Gasteiger partial charge in [-0.05, 0) is 60.7 Å². The maximum Gasteiger partial charge on any atom is 0.534 e. The highest BCUT2D eigenvalue weighted by Crippen LogP contribution is 2.50. The maximum atomic E-state index is 14.6. The number of ether oxygens (including phenoxy) is 1. The van der Waals surface area contributed by atoms with Crippen molar-refractivity contribution in [1.82, 2.24) is 0 Å². The average Bonchev–Trinajstić information content (AvgIpc) is 2.74. The predicted molar refractivity (Wildman–Crippen MR) is 103 cm³/mol. The van der Waals surface area contributed by atoms with Crippen LogP contribution in [0.2, 0.25) is 0 Å². The first-order chi connectivity index (χ1) is 15.2. The predicted octanol–water partition coefficient (Wildman–Crippen LogP) is 6.59. The second kappa shape index (κ2) is 8.58. The fraction of sp³-hybridized carbons (Fsp3) is 0.143. The van der Waals surface area contributed by atoms with Gasteiger partial charge in [0.1, 0.15) is 17.2 Å². The van der Waals surface area contributed by atoms with Gasteiger partial charge in [0, 0.05) is 11.1 Å². The van der Waals surface area contributed by atoms with E-state index in [0.29, 0.717) is 30.0 Å². The van der Waals surface area contributed by atoms with Crippen LogP contribution in [-0.2, 0) is 22.0 Å². The molecule has 0 atom stereocenters. The van der Waals surface area contributed by atoms with Gasteiger partial charge < -0.3 is 8.92 Å². The zero-order valence-electron chi connectivity index (χ0n) is 16.2. The molecule has 176 valence electrons. The summed E-state index contributed by atoms with van der Waals surface area (Å²) in [6, 6.07) is 13.5. The summed E-state index contributed by atoms with van der Waals surface area (Å²) < 4.78 is 127. The summed E-state index contributed by atoms with van der Waals surface area (Å²) >= 11 is 0. The van der Waals surface area contributed by atoms with Crippen LogP contribution in [-0.4, -0.2) is 13.9 Å².